The highest BCUT2D eigenvalue weighted by molar-refractivity contribution is 7.91. The van der Waals surface area contributed by atoms with E-state index in [4.69, 9.17) is 4.74 Å². The Balaban J connectivity index is 1.90. The van der Waals surface area contributed by atoms with Crippen molar-refractivity contribution in [2.75, 3.05) is 25.2 Å². The molecule has 21 heavy (non-hydrogen) atoms. The Morgan fingerprint density at radius 2 is 2.05 bits per heavy atom. The summed E-state index contributed by atoms with van der Waals surface area (Å²) in [7, 11) is -1.61. The quantitative estimate of drug-likeness (QED) is 0.842. The van der Waals surface area contributed by atoms with Gasteiger partial charge in [-0.3, -0.25) is 0 Å². The van der Waals surface area contributed by atoms with Crippen LogP contribution in [-0.4, -0.2) is 44.3 Å². The molecule has 0 aliphatic carbocycles. The summed E-state index contributed by atoms with van der Waals surface area (Å²) in [6.45, 7) is 0.483. The average Bonchev–Trinajstić information content (AvgIpc) is 2.45. The van der Waals surface area contributed by atoms with Gasteiger partial charge >= 0.3 is 0 Å². The molecule has 1 fully saturated rings. The highest BCUT2D eigenvalue weighted by atomic mass is 32.2. The highest BCUT2D eigenvalue weighted by Gasteiger charge is 2.34. The van der Waals surface area contributed by atoms with Crippen LogP contribution in [0.4, 0.5) is 4.39 Å². The molecule has 0 amide bonds. The lowest BCUT2D eigenvalue weighted by atomic mass is 9.97. The van der Waals surface area contributed by atoms with Gasteiger partial charge in [0, 0.05) is 18.7 Å². The Hall–Kier alpha value is -1.18. The predicted octanol–water partition coefficient (Wildman–Crippen LogP) is 0.864. The number of sulfone groups is 1. The van der Waals surface area contributed by atoms with E-state index in [1.165, 1.54) is 7.11 Å². The number of benzene rings is 1. The molecule has 1 aromatic carbocycles. The maximum Gasteiger partial charge on any atom is 0.169 e. The van der Waals surface area contributed by atoms with E-state index < -0.39 is 21.3 Å². The molecule has 118 valence electrons. The number of ether oxygens (including phenoxy) is 1. The van der Waals surface area contributed by atoms with Gasteiger partial charge in [0.2, 0.25) is 0 Å². The van der Waals surface area contributed by atoms with E-state index in [-0.39, 0.29) is 43.2 Å². The second kappa shape index (κ2) is 6.29. The largest absolute Gasteiger partial charge is 0.494 e. The van der Waals surface area contributed by atoms with Crippen molar-refractivity contribution in [3.63, 3.8) is 0 Å². The molecule has 5 nitrogen and oxygen atoms in total. The first kappa shape index (κ1) is 16.2. The second-order valence-corrected chi connectivity index (χ2v) is 7.72. The SMILES string of the molecule is COc1cccc(CNCC2(O)CCS(=O)(=O)CC2)c1F. The number of hydrogen-bond acceptors (Lipinski definition) is 5. The Kier molecular flexibility index (Phi) is 4.85. The van der Waals surface area contributed by atoms with Crippen LogP contribution < -0.4 is 10.1 Å². The summed E-state index contributed by atoms with van der Waals surface area (Å²) in [4.78, 5) is 0. The number of aliphatic hydroxyl groups is 1. The number of nitrogens with one attached hydrogen (secondary N) is 1. The van der Waals surface area contributed by atoms with Crippen LogP contribution in [0, 0.1) is 5.82 Å². The Morgan fingerprint density at radius 3 is 2.67 bits per heavy atom. The van der Waals surface area contributed by atoms with E-state index in [1.54, 1.807) is 18.2 Å². The van der Waals surface area contributed by atoms with Crippen molar-refractivity contribution < 1.29 is 22.7 Å². The van der Waals surface area contributed by atoms with Crippen molar-refractivity contribution in [3.05, 3.63) is 29.6 Å². The molecule has 0 aromatic heterocycles. The van der Waals surface area contributed by atoms with Crippen LogP contribution in [0.25, 0.3) is 0 Å². The van der Waals surface area contributed by atoms with E-state index >= 15 is 0 Å². The molecular weight excluding hydrogens is 297 g/mol. The minimum atomic E-state index is -3.01. The molecule has 2 rings (SSSR count). The molecular formula is C14H20FNO4S. The fourth-order valence-corrected chi connectivity index (χ4v) is 3.96. The third-order valence-electron chi connectivity index (χ3n) is 3.79. The number of rotatable bonds is 5. The van der Waals surface area contributed by atoms with Crippen LogP contribution in [0.15, 0.2) is 18.2 Å². The molecule has 2 N–H and O–H groups in total. The molecule has 0 bridgehead atoms. The van der Waals surface area contributed by atoms with Crippen molar-refractivity contribution in [3.8, 4) is 5.75 Å². The third kappa shape index (κ3) is 4.15. The molecule has 7 heteroatoms. The first-order valence-corrected chi connectivity index (χ1v) is 8.62. The van der Waals surface area contributed by atoms with Crippen molar-refractivity contribution in [1.82, 2.24) is 5.32 Å². The maximum absolute atomic E-state index is 13.9. The number of halogens is 1. The molecule has 1 saturated heterocycles. The van der Waals surface area contributed by atoms with Gasteiger partial charge in [-0.2, -0.15) is 0 Å². The molecule has 0 atom stereocenters. The molecule has 0 unspecified atom stereocenters. The lowest BCUT2D eigenvalue weighted by molar-refractivity contribution is 0.0303. The Bertz CT molecular complexity index is 589. The lowest BCUT2D eigenvalue weighted by Gasteiger charge is -2.32. The molecule has 1 heterocycles. The van der Waals surface area contributed by atoms with Crippen molar-refractivity contribution in [1.29, 1.82) is 0 Å². The molecule has 0 saturated carbocycles. The summed E-state index contributed by atoms with van der Waals surface area (Å²) in [6, 6.07) is 4.87. The Morgan fingerprint density at radius 1 is 1.38 bits per heavy atom. The topological polar surface area (TPSA) is 75.6 Å². The van der Waals surface area contributed by atoms with Gasteiger partial charge in [0.1, 0.15) is 0 Å². The van der Waals surface area contributed by atoms with Crippen molar-refractivity contribution in [2.24, 2.45) is 0 Å². The van der Waals surface area contributed by atoms with Gasteiger partial charge in [-0.1, -0.05) is 12.1 Å². The van der Waals surface area contributed by atoms with E-state index in [2.05, 4.69) is 5.32 Å². The van der Waals surface area contributed by atoms with Crippen LogP contribution in [0.5, 0.6) is 5.75 Å². The van der Waals surface area contributed by atoms with Crippen LogP contribution in [0.2, 0.25) is 0 Å². The van der Waals surface area contributed by atoms with Gasteiger partial charge in [-0.15, -0.1) is 0 Å². The molecule has 0 radical (unpaired) electrons. The van der Waals surface area contributed by atoms with Crippen molar-refractivity contribution >= 4 is 9.84 Å². The van der Waals surface area contributed by atoms with Crippen LogP contribution in [0.1, 0.15) is 18.4 Å². The fourth-order valence-electron chi connectivity index (χ4n) is 2.38. The number of hydrogen-bond donors (Lipinski definition) is 2. The fraction of sp³-hybridized carbons (Fsp3) is 0.571. The van der Waals surface area contributed by atoms with E-state index in [0.717, 1.165) is 0 Å². The van der Waals surface area contributed by atoms with Gasteiger partial charge in [-0.05, 0) is 18.9 Å². The van der Waals surface area contributed by atoms with Gasteiger partial charge in [0.15, 0.2) is 21.4 Å². The summed E-state index contributed by atoms with van der Waals surface area (Å²) < 4.78 is 41.5. The summed E-state index contributed by atoms with van der Waals surface area (Å²) in [5.41, 5.74) is -0.595. The number of methoxy groups -OCH3 is 1. The zero-order chi connectivity index (χ0) is 15.5. The zero-order valence-corrected chi connectivity index (χ0v) is 12.7. The first-order valence-electron chi connectivity index (χ1n) is 6.80. The van der Waals surface area contributed by atoms with E-state index in [1.807, 2.05) is 0 Å². The monoisotopic (exact) mass is 317 g/mol. The molecule has 1 aliphatic heterocycles. The molecule has 0 spiro atoms. The van der Waals surface area contributed by atoms with Crippen LogP contribution in [-0.2, 0) is 16.4 Å². The summed E-state index contributed by atoms with van der Waals surface area (Å²) in [5, 5.41) is 13.3. The highest BCUT2D eigenvalue weighted by Crippen LogP contribution is 2.24. The van der Waals surface area contributed by atoms with E-state index in [0.29, 0.717) is 5.56 Å². The molecule has 1 aliphatic rings. The minimum absolute atomic E-state index is 0.00129. The second-order valence-electron chi connectivity index (χ2n) is 5.41. The third-order valence-corrected chi connectivity index (χ3v) is 5.44. The first-order chi connectivity index (χ1) is 9.85. The van der Waals surface area contributed by atoms with Gasteiger partial charge in [0.25, 0.3) is 0 Å². The van der Waals surface area contributed by atoms with Crippen LogP contribution >= 0.6 is 0 Å². The standard InChI is InChI=1S/C14H20FNO4S/c1-20-12-4-2-3-11(13(12)15)9-16-10-14(17)5-7-21(18,19)8-6-14/h2-4,16-17H,5-10H2,1H3. The van der Waals surface area contributed by atoms with E-state index in [9.17, 15) is 17.9 Å². The minimum Gasteiger partial charge on any atom is -0.494 e. The Labute approximate surface area is 124 Å². The summed E-state index contributed by atoms with van der Waals surface area (Å²) in [5.74, 6) is -0.250. The summed E-state index contributed by atoms with van der Waals surface area (Å²) in [6.07, 6.45) is 0.422. The zero-order valence-electron chi connectivity index (χ0n) is 11.9. The van der Waals surface area contributed by atoms with Crippen molar-refractivity contribution in [2.45, 2.75) is 25.0 Å². The predicted molar refractivity (Wildman–Crippen MR) is 77.5 cm³/mol. The summed E-state index contributed by atoms with van der Waals surface area (Å²) >= 11 is 0. The van der Waals surface area contributed by atoms with Crippen LogP contribution in [0.3, 0.4) is 0 Å². The maximum atomic E-state index is 13.9. The van der Waals surface area contributed by atoms with Gasteiger partial charge in [0.05, 0.1) is 24.2 Å². The smallest absolute Gasteiger partial charge is 0.169 e. The van der Waals surface area contributed by atoms with Gasteiger partial charge < -0.3 is 15.2 Å². The van der Waals surface area contributed by atoms with Gasteiger partial charge in [-0.25, -0.2) is 12.8 Å². The normalized spacial score (nSPS) is 20.1. The lowest BCUT2D eigenvalue weighted by Crippen LogP contribution is -2.46. The molecule has 1 aromatic rings. The average molecular weight is 317 g/mol.